The Morgan fingerprint density at radius 2 is 1.97 bits per heavy atom. The number of aryl methyl sites for hydroxylation is 1. The minimum atomic E-state index is -0.359. The van der Waals surface area contributed by atoms with Gasteiger partial charge in [0.05, 0.1) is 10.8 Å². The monoisotopic (exact) mass is 435 g/mol. The first-order valence-electron chi connectivity index (χ1n) is 10.1. The number of rotatable bonds is 5. The molecule has 1 atom stereocenters. The van der Waals surface area contributed by atoms with E-state index in [9.17, 15) is 4.79 Å². The van der Waals surface area contributed by atoms with Gasteiger partial charge in [-0.25, -0.2) is 4.98 Å². The number of nitrogens with one attached hydrogen (secondary N) is 1. The fourth-order valence-electron chi connectivity index (χ4n) is 3.64. The summed E-state index contributed by atoms with van der Waals surface area (Å²) in [5, 5.41) is 12.8. The summed E-state index contributed by atoms with van der Waals surface area (Å²) in [5.74, 6) is 1.21. The van der Waals surface area contributed by atoms with Gasteiger partial charge in [-0.3, -0.25) is 4.79 Å². The number of ether oxygens (including phenoxy) is 2. The quantitative estimate of drug-likeness (QED) is 0.477. The van der Waals surface area contributed by atoms with E-state index >= 15 is 0 Å². The number of para-hydroxylation sites is 1. The van der Waals surface area contributed by atoms with Crippen LogP contribution in [-0.2, 0) is 11.8 Å². The van der Waals surface area contributed by atoms with Gasteiger partial charge in [0.25, 0.3) is 0 Å². The Labute approximate surface area is 183 Å². The number of carbonyl (C=O) groups excluding carboxylic acids is 1. The van der Waals surface area contributed by atoms with Crippen molar-refractivity contribution < 1.29 is 14.3 Å². The third kappa shape index (κ3) is 3.65. The molecule has 1 N–H and O–H groups in total. The lowest BCUT2D eigenvalue weighted by Gasteiger charge is -2.19. The van der Waals surface area contributed by atoms with Crippen molar-refractivity contribution in [2.45, 2.75) is 23.8 Å². The maximum atomic E-state index is 12.9. The van der Waals surface area contributed by atoms with E-state index < -0.39 is 0 Å². The van der Waals surface area contributed by atoms with E-state index in [1.807, 2.05) is 48.9 Å². The fraction of sp³-hybridized carbons (Fsp3) is 0.273. The third-order valence-electron chi connectivity index (χ3n) is 5.21. The molecule has 31 heavy (non-hydrogen) atoms. The van der Waals surface area contributed by atoms with E-state index in [4.69, 9.17) is 9.47 Å². The Morgan fingerprint density at radius 1 is 1.16 bits per heavy atom. The molecule has 8 nitrogen and oxygen atoms in total. The molecule has 4 aromatic rings. The molecule has 0 bridgehead atoms. The number of hydrogen-bond donors (Lipinski definition) is 1. The topological polar surface area (TPSA) is 91.2 Å². The van der Waals surface area contributed by atoms with Crippen LogP contribution in [0.15, 0.2) is 47.6 Å². The number of benzene rings is 2. The highest BCUT2D eigenvalue weighted by atomic mass is 32.2. The van der Waals surface area contributed by atoms with Gasteiger partial charge in [0.15, 0.2) is 17.1 Å². The number of amides is 1. The van der Waals surface area contributed by atoms with Gasteiger partial charge in [-0.1, -0.05) is 36.9 Å². The minimum absolute atomic E-state index is 0.120. The molecule has 2 aromatic carbocycles. The van der Waals surface area contributed by atoms with Crippen molar-refractivity contribution in [3.05, 3.63) is 42.5 Å². The van der Waals surface area contributed by atoms with Gasteiger partial charge >= 0.3 is 0 Å². The number of nitrogens with zero attached hydrogens (tertiary/aromatic N) is 4. The second-order valence-electron chi connectivity index (χ2n) is 7.21. The SMILES string of the molecule is CCC(Sc1nnc2c3ccccc3n(C)c2n1)C(=O)Nc1ccc2c(c1)OCCO2. The normalized spacial score (nSPS) is 14.0. The average Bonchev–Trinajstić information content (AvgIpc) is 3.09. The highest BCUT2D eigenvalue weighted by Crippen LogP contribution is 2.33. The second kappa shape index (κ2) is 8.07. The summed E-state index contributed by atoms with van der Waals surface area (Å²) in [4.78, 5) is 17.6. The first-order valence-corrected chi connectivity index (χ1v) is 11.0. The highest BCUT2D eigenvalue weighted by Gasteiger charge is 2.22. The maximum Gasteiger partial charge on any atom is 0.237 e. The molecule has 1 aliphatic heterocycles. The van der Waals surface area contributed by atoms with E-state index in [0.717, 1.165) is 22.1 Å². The van der Waals surface area contributed by atoms with Crippen molar-refractivity contribution in [2.75, 3.05) is 18.5 Å². The lowest BCUT2D eigenvalue weighted by atomic mass is 10.2. The van der Waals surface area contributed by atoms with Gasteiger partial charge in [0.1, 0.15) is 18.7 Å². The molecule has 0 fully saturated rings. The third-order valence-corrected chi connectivity index (χ3v) is 6.42. The molecule has 2 aromatic heterocycles. The van der Waals surface area contributed by atoms with Crippen LogP contribution in [0.4, 0.5) is 5.69 Å². The number of carbonyl (C=O) groups is 1. The van der Waals surface area contributed by atoms with Crippen LogP contribution in [0.1, 0.15) is 13.3 Å². The van der Waals surface area contributed by atoms with Crippen molar-refractivity contribution in [1.29, 1.82) is 0 Å². The maximum absolute atomic E-state index is 12.9. The summed E-state index contributed by atoms with van der Waals surface area (Å²) < 4.78 is 13.1. The van der Waals surface area contributed by atoms with Crippen LogP contribution in [0, 0.1) is 0 Å². The van der Waals surface area contributed by atoms with Crippen LogP contribution in [0.25, 0.3) is 22.1 Å². The molecular weight excluding hydrogens is 414 g/mol. The molecule has 1 aliphatic rings. The fourth-order valence-corrected chi connectivity index (χ4v) is 4.45. The minimum Gasteiger partial charge on any atom is -0.486 e. The van der Waals surface area contributed by atoms with Crippen LogP contribution < -0.4 is 14.8 Å². The van der Waals surface area contributed by atoms with Crippen LogP contribution in [-0.4, -0.2) is 44.1 Å². The standard InChI is InChI=1S/C22H21N5O3S/c1-3-18(21(28)23-13-8-9-16-17(12-13)30-11-10-29-16)31-22-24-20-19(25-26-22)14-6-4-5-7-15(14)27(20)2/h4-9,12,18H,3,10-11H2,1-2H3,(H,23,28). The molecule has 0 aliphatic carbocycles. The molecule has 0 saturated heterocycles. The van der Waals surface area contributed by atoms with Crippen LogP contribution in [0.2, 0.25) is 0 Å². The van der Waals surface area contributed by atoms with Crippen molar-refractivity contribution in [1.82, 2.24) is 19.7 Å². The predicted molar refractivity (Wildman–Crippen MR) is 120 cm³/mol. The first kappa shape index (κ1) is 19.6. The number of fused-ring (bicyclic) bond motifs is 4. The zero-order valence-electron chi connectivity index (χ0n) is 17.2. The Kier molecular flexibility index (Phi) is 5.11. The molecule has 3 heterocycles. The molecule has 9 heteroatoms. The van der Waals surface area contributed by atoms with Crippen LogP contribution in [0.3, 0.4) is 0 Å². The Bertz CT molecular complexity index is 1290. The van der Waals surface area contributed by atoms with E-state index in [-0.39, 0.29) is 11.2 Å². The van der Waals surface area contributed by atoms with E-state index in [1.54, 1.807) is 12.1 Å². The highest BCUT2D eigenvalue weighted by molar-refractivity contribution is 8.00. The molecular formula is C22H21N5O3S. The van der Waals surface area contributed by atoms with Crippen LogP contribution in [0.5, 0.6) is 11.5 Å². The van der Waals surface area contributed by atoms with Crippen LogP contribution >= 0.6 is 11.8 Å². The molecule has 158 valence electrons. The Balaban J connectivity index is 1.36. The number of anilines is 1. The van der Waals surface area contributed by atoms with Crippen molar-refractivity contribution >= 4 is 45.4 Å². The first-order chi connectivity index (χ1) is 15.1. The Morgan fingerprint density at radius 3 is 2.81 bits per heavy atom. The Hall–Kier alpha value is -3.33. The summed E-state index contributed by atoms with van der Waals surface area (Å²) in [6.45, 7) is 2.99. The lowest BCUT2D eigenvalue weighted by molar-refractivity contribution is -0.115. The van der Waals surface area contributed by atoms with Gasteiger partial charge < -0.3 is 19.4 Å². The average molecular weight is 436 g/mol. The molecule has 1 unspecified atom stereocenters. The van der Waals surface area contributed by atoms with Gasteiger partial charge in [-0.2, -0.15) is 0 Å². The molecule has 0 spiro atoms. The smallest absolute Gasteiger partial charge is 0.237 e. The van der Waals surface area contributed by atoms with Gasteiger partial charge in [-0.15, -0.1) is 10.2 Å². The van der Waals surface area contributed by atoms with Crippen molar-refractivity contribution in [3.63, 3.8) is 0 Å². The number of thioether (sulfide) groups is 1. The molecule has 0 radical (unpaired) electrons. The van der Waals surface area contributed by atoms with E-state index in [0.29, 0.717) is 42.0 Å². The zero-order valence-corrected chi connectivity index (χ0v) is 18.0. The van der Waals surface area contributed by atoms with Gasteiger partial charge in [-0.05, 0) is 24.6 Å². The summed E-state index contributed by atoms with van der Waals surface area (Å²) in [7, 11) is 1.96. The predicted octanol–water partition coefficient (Wildman–Crippen LogP) is 3.80. The molecule has 1 amide bonds. The van der Waals surface area contributed by atoms with E-state index in [2.05, 4.69) is 20.5 Å². The van der Waals surface area contributed by atoms with Gasteiger partial charge in [0, 0.05) is 24.2 Å². The summed E-state index contributed by atoms with van der Waals surface area (Å²) in [6, 6.07) is 13.4. The zero-order chi connectivity index (χ0) is 21.4. The van der Waals surface area contributed by atoms with Crippen molar-refractivity contribution in [2.24, 2.45) is 7.05 Å². The molecule has 5 rings (SSSR count). The summed E-state index contributed by atoms with van der Waals surface area (Å²) in [5.41, 5.74) is 3.22. The second-order valence-corrected chi connectivity index (χ2v) is 8.38. The van der Waals surface area contributed by atoms with Gasteiger partial charge in [0.2, 0.25) is 11.1 Å². The largest absolute Gasteiger partial charge is 0.486 e. The van der Waals surface area contributed by atoms with E-state index in [1.165, 1.54) is 11.8 Å². The summed E-state index contributed by atoms with van der Waals surface area (Å²) >= 11 is 1.31. The lowest BCUT2D eigenvalue weighted by Crippen LogP contribution is -2.25. The summed E-state index contributed by atoms with van der Waals surface area (Å²) in [6.07, 6.45) is 0.623. The number of hydrogen-bond acceptors (Lipinski definition) is 7. The number of aromatic nitrogens is 4. The van der Waals surface area contributed by atoms with Crippen molar-refractivity contribution in [3.8, 4) is 11.5 Å². The molecule has 0 saturated carbocycles.